The smallest absolute Gasteiger partial charge is 0.306 e. The number of carbonyl (C=O) groups excluding carboxylic acids is 2. The van der Waals surface area contributed by atoms with E-state index in [2.05, 4.69) is 45.1 Å². The molecule has 0 radical (unpaired) electrons. The van der Waals surface area contributed by atoms with Gasteiger partial charge in [-0.15, -0.1) is 0 Å². The number of fused-ring (bicyclic) bond motifs is 1. The van der Waals surface area contributed by atoms with Crippen LogP contribution in [0.4, 0.5) is 0 Å². The van der Waals surface area contributed by atoms with Crippen LogP contribution in [0.3, 0.4) is 0 Å². The molecule has 3 aliphatic carbocycles. The van der Waals surface area contributed by atoms with Crippen LogP contribution in [0.15, 0.2) is 24.3 Å². The van der Waals surface area contributed by atoms with Crippen molar-refractivity contribution in [3.05, 3.63) is 24.3 Å². The molecular weight excluding hydrogens is 448 g/mol. The van der Waals surface area contributed by atoms with E-state index in [1.807, 2.05) is 27.7 Å². The number of hydrogen-bond donors (Lipinski definition) is 0. The van der Waals surface area contributed by atoms with Gasteiger partial charge in [-0.1, -0.05) is 79.2 Å². The summed E-state index contributed by atoms with van der Waals surface area (Å²) < 4.78 is 11.1. The Kier molecular flexibility index (Phi) is 9.21. The highest BCUT2D eigenvalue weighted by molar-refractivity contribution is 5.70. The second-order valence-electron chi connectivity index (χ2n) is 14.0. The normalized spacial score (nSPS) is 32.5. The van der Waals surface area contributed by atoms with E-state index in [0.717, 1.165) is 32.1 Å². The molecular formula is C32H52O4. The topological polar surface area (TPSA) is 52.6 Å². The van der Waals surface area contributed by atoms with E-state index in [1.54, 1.807) is 0 Å². The zero-order valence-corrected chi connectivity index (χ0v) is 24.2. The first-order valence-electron chi connectivity index (χ1n) is 14.5. The fraction of sp³-hybridized carbons (Fsp3) is 0.812. The molecule has 0 amide bonds. The van der Waals surface area contributed by atoms with Gasteiger partial charge in [0.25, 0.3) is 0 Å². The van der Waals surface area contributed by atoms with Gasteiger partial charge in [-0.3, -0.25) is 9.59 Å². The van der Waals surface area contributed by atoms with Crippen LogP contribution in [-0.4, -0.2) is 25.2 Å². The van der Waals surface area contributed by atoms with E-state index in [4.69, 9.17) is 9.47 Å². The monoisotopic (exact) mass is 500 g/mol. The predicted molar refractivity (Wildman–Crippen MR) is 146 cm³/mol. The molecule has 0 aromatic rings. The molecule has 204 valence electrons. The van der Waals surface area contributed by atoms with Gasteiger partial charge in [0, 0.05) is 18.8 Å². The van der Waals surface area contributed by atoms with Gasteiger partial charge < -0.3 is 9.47 Å². The highest BCUT2D eigenvalue weighted by Crippen LogP contribution is 2.86. The molecule has 0 spiro atoms. The highest BCUT2D eigenvalue weighted by Gasteiger charge is 2.78. The number of ether oxygens (including phenoxy) is 2. The fourth-order valence-corrected chi connectivity index (χ4v) is 6.11. The minimum atomic E-state index is -0.158. The van der Waals surface area contributed by atoms with Gasteiger partial charge in [-0.05, 0) is 78.4 Å². The maximum absolute atomic E-state index is 12.1. The minimum Gasteiger partial charge on any atom is -0.465 e. The third-order valence-electron chi connectivity index (χ3n) is 9.37. The van der Waals surface area contributed by atoms with Crippen LogP contribution in [0.25, 0.3) is 0 Å². The van der Waals surface area contributed by atoms with E-state index < -0.39 is 0 Å². The Bertz CT molecular complexity index is 805. The zero-order chi connectivity index (χ0) is 26.6. The Hall–Kier alpha value is -1.58. The average molecular weight is 501 g/mol. The molecule has 0 aromatic heterocycles. The predicted octanol–water partition coefficient (Wildman–Crippen LogP) is 8.06. The molecule has 2 unspecified atom stereocenters. The van der Waals surface area contributed by atoms with Crippen LogP contribution in [0.1, 0.15) is 113 Å². The molecule has 0 heterocycles. The maximum atomic E-state index is 12.1. The zero-order valence-electron chi connectivity index (χ0n) is 24.2. The summed E-state index contributed by atoms with van der Waals surface area (Å²) in [7, 11) is 0. The summed E-state index contributed by atoms with van der Waals surface area (Å²) in [5, 5.41) is 0. The lowest BCUT2D eigenvalue weighted by molar-refractivity contribution is -0.150. The second kappa shape index (κ2) is 11.4. The van der Waals surface area contributed by atoms with Gasteiger partial charge >= 0.3 is 11.9 Å². The largest absolute Gasteiger partial charge is 0.465 e. The molecule has 4 nitrogen and oxygen atoms in total. The van der Waals surface area contributed by atoms with Gasteiger partial charge in [-0.25, -0.2) is 0 Å². The van der Waals surface area contributed by atoms with Crippen LogP contribution in [-0.2, 0) is 19.1 Å². The number of rotatable bonds is 17. The summed E-state index contributed by atoms with van der Waals surface area (Å²) in [5.74, 6) is 0.315. The van der Waals surface area contributed by atoms with Crippen LogP contribution < -0.4 is 0 Å². The third kappa shape index (κ3) is 7.71. The molecule has 0 aromatic carbocycles. The molecule has 3 fully saturated rings. The highest BCUT2D eigenvalue weighted by atomic mass is 16.5. The SMILES string of the molecule is CC(C)CC(=O)OCC(CCCC1(C)CC1(C)C/C=C\C/C=C\C12CC1(C)C2)COC(=O)CC(C)C. The lowest BCUT2D eigenvalue weighted by Gasteiger charge is -2.21. The van der Waals surface area contributed by atoms with Gasteiger partial charge in [0.2, 0.25) is 0 Å². The minimum absolute atomic E-state index is 0.0665. The summed E-state index contributed by atoms with van der Waals surface area (Å²) in [6.45, 7) is 16.0. The van der Waals surface area contributed by atoms with Crippen molar-refractivity contribution >= 4 is 11.9 Å². The Morgan fingerprint density at radius 1 is 0.806 bits per heavy atom. The van der Waals surface area contributed by atoms with Crippen molar-refractivity contribution in [1.82, 2.24) is 0 Å². The molecule has 2 atom stereocenters. The van der Waals surface area contributed by atoms with Crippen LogP contribution in [0.5, 0.6) is 0 Å². The Labute approximate surface area is 220 Å². The first-order chi connectivity index (χ1) is 16.8. The summed E-state index contributed by atoms with van der Waals surface area (Å²) in [6.07, 6.45) is 19.8. The van der Waals surface area contributed by atoms with Crippen molar-refractivity contribution in [1.29, 1.82) is 0 Å². The van der Waals surface area contributed by atoms with E-state index in [9.17, 15) is 9.59 Å². The first kappa shape index (κ1) is 29.0. The van der Waals surface area contributed by atoms with Crippen LogP contribution in [0.2, 0.25) is 0 Å². The average Bonchev–Trinajstić information content (AvgIpc) is 3.64. The van der Waals surface area contributed by atoms with E-state index >= 15 is 0 Å². The Balaban J connectivity index is 1.38. The lowest BCUT2D eigenvalue weighted by Crippen LogP contribution is -2.22. The number of hydrogen-bond acceptors (Lipinski definition) is 4. The maximum Gasteiger partial charge on any atom is 0.306 e. The quantitative estimate of drug-likeness (QED) is 0.150. The number of esters is 2. The summed E-state index contributed by atoms with van der Waals surface area (Å²) >= 11 is 0. The van der Waals surface area contributed by atoms with Crippen molar-refractivity contribution in [2.45, 2.75) is 113 Å². The molecule has 0 saturated heterocycles. The lowest BCUT2D eigenvalue weighted by atomic mass is 9.87. The van der Waals surface area contributed by atoms with Crippen molar-refractivity contribution < 1.29 is 19.1 Å². The standard InChI is InChI=1S/C32H52O4/c1-24(2)17-27(33)35-19-26(20-36-28(34)18-25(3)4)13-12-15-30(6)21-29(30,5)14-10-8-9-11-16-32-22-31(32,7)23-32/h8,10-11,16,24-26H,9,12-15,17-23H2,1-7H3/b10-8-,16-11-. The molecule has 0 N–H and O–H groups in total. The molecule has 0 bridgehead atoms. The van der Waals surface area contributed by atoms with Crippen molar-refractivity contribution in [3.8, 4) is 0 Å². The van der Waals surface area contributed by atoms with E-state index in [-0.39, 0.29) is 29.7 Å². The van der Waals surface area contributed by atoms with Crippen molar-refractivity contribution in [2.24, 2.45) is 39.4 Å². The molecule has 36 heavy (non-hydrogen) atoms. The van der Waals surface area contributed by atoms with Gasteiger partial charge in [0.15, 0.2) is 0 Å². The van der Waals surface area contributed by atoms with Crippen LogP contribution in [0, 0.1) is 39.4 Å². The van der Waals surface area contributed by atoms with Crippen molar-refractivity contribution in [2.75, 3.05) is 13.2 Å². The van der Waals surface area contributed by atoms with Crippen molar-refractivity contribution in [3.63, 3.8) is 0 Å². The summed E-state index contributed by atoms with van der Waals surface area (Å²) in [4.78, 5) is 24.1. The Morgan fingerprint density at radius 3 is 1.86 bits per heavy atom. The molecule has 4 heteroatoms. The van der Waals surface area contributed by atoms with E-state index in [0.29, 0.717) is 47.7 Å². The number of allylic oxidation sites excluding steroid dienone is 4. The molecule has 0 aliphatic heterocycles. The van der Waals surface area contributed by atoms with E-state index in [1.165, 1.54) is 19.3 Å². The van der Waals surface area contributed by atoms with Gasteiger partial charge in [0.1, 0.15) is 0 Å². The molecule has 3 aliphatic rings. The van der Waals surface area contributed by atoms with Gasteiger partial charge in [-0.2, -0.15) is 0 Å². The summed E-state index contributed by atoms with van der Waals surface area (Å²) in [6, 6.07) is 0. The Morgan fingerprint density at radius 2 is 1.36 bits per heavy atom. The second-order valence-corrected chi connectivity index (χ2v) is 14.0. The van der Waals surface area contributed by atoms with Gasteiger partial charge in [0.05, 0.1) is 13.2 Å². The third-order valence-corrected chi connectivity index (χ3v) is 9.37. The fourth-order valence-electron chi connectivity index (χ4n) is 6.11. The molecule has 3 rings (SSSR count). The number of carbonyl (C=O) groups is 2. The summed E-state index contributed by atoms with van der Waals surface area (Å²) in [5.41, 5.74) is 2.00. The first-order valence-corrected chi connectivity index (χ1v) is 14.5. The van der Waals surface area contributed by atoms with Crippen LogP contribution >= 0.6 is 0 Å². The molecule has 3 saturated carbocycles.